The molecule has 23 heavy (non-hydrogen) atoms. The number of carbonyl (C=O) groups is 1. The third-order valence-electron chi connectivity index (χ3n) is 2.88. The summed E-state index contributed by atoms with van der Waals surface area (Å²) in [6.07, 6.45) is 2.69. The number of benzene rings is 1. The van der Waals surface area contributed by atoms with Crippen LogP contribution in [-0.4, -0.2) is 36.6 Å². The lowest BCUT2D eigenvalue weighted by Gasteiger charge is -2.07. The molecule has 0 aliphatic carbocycles. The molecule has 10 heteroatoms. The second kappa shape index (κ2) is 6.59. The average molecular weight is 358 g/mol. The number of carbonyl (C=O) groups excluding carboxylic acids is 1. The van der Waals surface area contributed by atoms with Gasteiger partial charge in [0, 0.05) is 11.9 Å². The highest BCUT2D eigenvalue weighted by atomic mass is 32.2. The number of halogens is 1. The van der Waals surface area contributed by atoms with Gasteiger partial charge in [-0.1, -0.05) is 6.07 Å². The van der Waals surface area contributed by atoms with Crippen LogP contribution >= 0.6 is 11.8 Å². The molecule has 0 saturated carbocycles. The van der Waals surface area contributed by atoms with Crippen molar-refractivity contribution >= 4 is 39.0 Å². The van der Waals surface area contributed by atoms with Gasteiger partial charge < -0.3 is 11.1 Å². The van der Waals surface area contributed by atoms with Gasteiger partial charge in [-0.2, -0.15) is 5.10 Å². The van der Waals surface area contributed by atoms with Crippen LogP contribution in [0.2, 0.25) is 0 Å². The van der Waals surface area contributed by atoms with E-state index >= 15 is 0 Å². The lowest BCUT2D eigenvalue weighted by atomic mass is 10.3. The molecule has 0 spiro atoms. The van der Waals surface area contributed by atoms with Crippen molar-refractivity contribution in [1.29, 1.82) is 0 Å². The fourth-order valence-electron chi connectivity index (χ4n) is 1.94. The molecule has 2 aromatic rings. The minimum absolute atomic E-state index is 0.0939. The molecule has 1 heterocycles. The number of aromatic nitrogens is 2. The summed E-state index contributed by atoms with van der Waals surface area (Å²) in [6.45, 7) is -0.286. The Hall–Kier alpha value is -2.07. The molecule has 2 rings (SSSR count). The molecule has 0 fully saturated rings. The Morgan fingerprint density at radius 3 is 2.70 bits per heavy atom. The maximum Gasteiger partial charge on any atom is 0.246 e. The van der Waals surface area contributed by atoms with Crippen LogP contribution in [-0.2, 0) is 21.2 Å². The molecule has 0 atom stereocenters. The van der Waals surface area contributed by atoms with Gasteiger partial charge in [0.25, 0.3) is 0 Å². The Bertz CT molecular complexity index is 849. The van der Waals surface area contributed by atoms with E-state index in [9.17, 15) is 17.6 Å². The van der Waals surface area contributed by atoms with Crippen molar-refractivity contribution in [3.05, 3.63) is 30.1 Å². The SMILES string of the molecule is CSc1nn(CC(=O)Nc2cccc(F)c2)c(N)c1S(C)(=O)=O. The van der Waals surface area contributed by atoms with Gasteiger partial charge in [0.15, 0.2) is 9.84 Å². The zero-order valence-corrected chi connectivity index (χ0v) is 14.0. The summed E-state index contributed by atoms with van der Waals surface area (Å²) in [5.41, 5.74) is 6.09. The smallest absolute Gasteiger partial charge is 0.246 e. The van der Waals surface area contributed by atoms with E-state index in [1.54, 1.807) is 6.26 Å². The van der Waals surface area contributed by atoms with Crippen LogP contribution in [0, 0.1) is 5.82 Å². The summed E-state index contributed by atoms with van der Waals surface area (Å²) in [7, 11) is -3.57. The minimum atomic E-state index is -3.57. The summed E-state index contributed by atoms with van der Waals surface area (Å²) in [4.78, 5) is 11.9. The summed E-state index contributed by atoms with van der Waals surface area (Å²) >= 11 is 1.12. The third-order valence-corrected chi connectivity index (χ3v) is 4.83. The van der Waals surface area contributed by atoms with Crippen LogP contribution < -0.4 is 11.1 Å². The monoisotopic (exact) mass is 358 g/mol. The number of anilines is 2. The van der Waals surface area contributed by atoms with E-state index in [4.69, 9.17) is 5.73 Å². The fourth-order valence-corrected chi connectivity index (χ4v) is 3.96. The number of nitrogens with zero attached hydrogens (tertiary/aromatic N) is 2. The normalized spacial score (nSPS) is 11.4. The average Bonchev–Trinajstić information content (AvgIpc) is 2.75. The van der Waals surface area contributed by atoms with E-state index in [1.165, 1.54) is 24.3 Å². The summed E-state index contributed by atoms with van der Waals surface area (Å²) in [5.74, 6) is -1.09. The summed E-state index contributed by atoms with van der Waals surface area (Å²) in [6, 6.07) is 5.41. The maximum atomic E-state index is 13.1. The Morgan fingerprint density at radius 1 is 1.48 bits per heavy atom. The lowest BCUT2D eigenvalue weighted by molar-refractivity contribution is -0.116. The van der Waals surface area contributed by atoms with Crippen molar-refractivity contribution in [3.8, 4) is 0 Å². The van der Waals surface area contributed by atoms with Crippen LogP contribution in [0.25, 0.3) is 0 Å². The zero-order valence-electron chi connectivity index (χ0n) is 12.4. The van der Waals surface area contributed by atoms with Gasteiger partial charge in [0.2, 0.25) is 5.91 Å². The number of hydrogen-bond acceptors (Lipinski definition) is 6. The van der Waals surface area contributed by atoms with Crippen molar-refractivity contribution in [2.75, 3.05) is 23.6 Å². The molecule has 124 valence electrons. The van der Waals surface area contributed by atoms with Crippen molar-refractivity contribution in [3.63, 3.8) is 0 Å². The number of rotatable bonds is 5. The first-order valence-corrected chi connectivity index (χ1v) is 9.49. The molecule has 7 nitrogen and oxygen atoms in total. The minimum Gasteiger partial charge on any atom is -0.383 e. The van der Waals surface area contributed by atoms with Crippen LogP contribution in [0.4, 0.5) is 15.9 Å². The number of thioether (sulfide) groups is 1. The Kier molecular flexibility index (Phi) is 4.95. The molecule has 1 aromatic carbocycles. The van der Waals surface area contributed by atoms with Crippen LogP contribution in [0.5, 0.6) is 0 Å². The van der Waals surface area contributed by atoms with Gasteiger partial charge in [-0.3, -0.25) is 4.79 Å². The van der Waals surface area contributed by atoms with Crippen molar-refractivity contribution < 1.29 is 17.6 Å². The number of amides is 1. The summed E-state index contributed by atoms with van der Waals surface area (Å²) in [5, 5.41) is 6.75. The molecule has 0 saturated heterocycles. The molecular weight excluding hydrogens is 343 g/mol. The van der Waals surface area contributed by atoms with E-state index in [1.807, 2.05) is 0 Å². The Labute approximate surface area is 137 Å². The second-order valence-corrected chi connectivity index (χ2v) is 7.46. The lowest BCUT2D eigenvalue weighted by Crippen LogP contribution is -2.21. The fraction of sp³-hybridized carbons (Fsp3) is 0.231. The largest absolute Gasteiger partial charge is 0.383 e. The van der Waals surface area contributed by atoms with E-state index < -0.39 is 21.6 Å². The predicted octanol–water partition coefficient (Wildman–Crippen LogP) is 1.37. The second-order valence-electron chi connectivity index (χ2n) is 4.71. The number of nitrogens with two attached hydrogens (primary N) is 1. The van der Waals surface area contributed by atoms with Crippen molar-refractivity contribution in [2.45, 2.75) is 16.5 Å². The van der Waals surface area contributed by atoms with Gasteiger partial charge in [0.05, 0.1) is 0 Å². The first-order valence-electron chi connectivity index (χ1n) is 6.38. The maximum absolute atomic E-state index is 13.1. The Morgan fingerprint density at radius 2 is 2.17 bits per heavy atom. The van der Waals surface area contributed by atoms with Crippen LogP contribution in [0.1, 0.15) is 0 Å². The highest BCUT2D eigenvalue weighted by Gasteiger charge is 2.24. The first kappa shape index (κ1) is 17.3. The molecule has 1 amide bonds. The molecule has 0 aliphatic rings. The third kappa shape index (κ3) is 4.02. The topological polar surface area (TPSA) is 107 Å². The first-order chi connectivity index (χ1) is 10.7. The highest BCUT2D eigenvalue weighted by molar-refractivity contribution is 7.99. The zero-order chi connectivity index (χ0) is 17.2. The van der Waals surface area contributed by atoms with Crippen LogP contribution in [0.3, 0.4) is 0 Å². The Balaban J connectivity index is 2.23. The van der Waals surface area contributed by atoms with Gasteiger partial charge in [-0.15, -0.1) is 11.8 Å². The molecular formula is C13H15FN4O3S2. The van der Waals surface area contributed by atoms with Gasteiger partial charge in [0.1, 0.15) is 28.1 Å². The molecule has 1 aromatic heterocycles. The molecule has 0 bridgehead atoms. The van der Waals surface area contributed by atoms with Crippen molar-refractivity contribution in [1.82, 2.24) is 9.78 Å². The number of nitrogen functional groups attached to an aromatic ring is 1. The molecule has 0 aliphatic heterocycles. The van der Waals surface area contributed by atoms with E-state index in [2.05, 4.69) is 10.4 Å². The molecule has 3 N–H and O–H groups in total. The highest BCUT2D eigenvalue weighted by Crippen LogP contribution is 2.29. The van der Waals surface area contributed by atoms with E-state index in [0.29, 0.717) is 0 Å². The van der Waals surface area contributed by atoms with E-state index in [-0.39, 0.29) is 28.0 Å². The number of nitrogens with one attached hydrogen (secondary N) is 1. The quantitative estimate of drug-likeness (QED) is 0.782. The number of sulfone groups is 1. The van der Waals surface area contributed by atoms with Gasteiger partial charge >= 0.3 is 0 Å². The molecule has 0 unspecified atom stereocenters. The summed E-state index contributed by atoms with van der Waals surface area (Å²) < 4.78 is 37.7. The van der Waals surface area contributed by atoms with E-state index in [0.717, 1.165) is 22.7 Å². The molecule has 0 radical (unpaired) electrons. The number of hydrogen-bond donors (Lipinski definition) is 2. The standard InChI is InChI=1S/C13H15FN4O3S2/c1-22-13-11(23(2,20)21)12(15)18(17-13)7-10(19)16-9-5-3-4-8(14)6-9/h3-6H,7,15H2,1-2H3,(H,16,19). The van der Waals surface area contributed by atoms with Gasteiger partial charge in [-0.05, 0) is 24.5 Å². The van der Waals surface area contributed by atoms with Crippen LogP contribution in [0.15, 0.2) is 34.2 Å². The van der Waals surface area contributed by atoms with Crippen molar-refractivity contribution in [2.24, 2.45) is 0 Å². The predicted molar refractivity (Wildman–Crippen MR) is 86.6 cm³/mol. The van der Waals surface area contributed by atoms with Gasteiger partial charge in [-0.25, -0.2) is 17.5 Å².